The van der Waals surface area contributed by atoms with Crippen LogP contribution in [0.1, 0.15) is 36.6 Å². The molecule has 0 saturated heterocycles. The molecule has 0 atom stereocenters. The summed E-state index contributed by atoms with van der Waals surface area (Å²) in [6, 6.07) is 3.28. The van der Waals surface area contributed by atoms with Crippen LogP contribution in [-0.2, 0) is 11.3 Å². The third-order valence-electron chi connectivity index (χ3n) is 3.38. The number of hydrogen-bond donors (Lipinski definition) is 1. The van der Waals surface area contributed by atoms with Gasteiger partial charge in [-0.25, -0.2) is 8.78 Å². The Morgan fingerprint density at radius 2 is 2.09 bits per heavy atom. The Balaban J connectivity index is 1.79. The number of pyridine rings is 1. The molecule has 0 spiro atoms. The molecule has 5 nitrogen and oxygen atoms in total. The molecule has 0 bridgehead atoms. The molecule has 1 amide bonds. The van der Waals surface area contributed by atoms with Crippen molar-refractivity contribution in [2.45, 2.75) is 31.7 Å². The van der Waals surface area contributed by atoms with Crippen molar-refractivity contribution in [1.82, 2.24) is 14.8 Å². The summed E-state index contributed by atoms with van der Waals surface area (Å²) in [6.45, 7) is -0.152. The van der Waals surface area contributed by atoms with Gasteiger partial charge in [-0.1, -0.05) is 11.6 Å². The van der Waals surface area contributed by atoms with E-state index in [-0.39, 0.29) is 23.4 Å². The summed E-state index contributed by atoms with van der Waals surface area (Å²) >= 11 is 6.00. The predicted molar refractivity (Wildman–Crippen MR) is 77.0 cm³/mol. The van der Waals surface area contributed by atoms with E-state index in [1.165, 1.54) is 4.68 Å². The first-order valence-electron chi connectivity index (χ1n) is 6.80. The van der Waals surface area contributed by atoms with E-state index >= 15 is 0 Å². The highest BCUT2D eigenvalue weighted by Gasteiger charge is 2.34. The highest BCUT2D eigenvalue weighted by molar-refractivity contribution is 6.32. The molecule has 1 fully saturated rings. The average molecular weight is 327 g/mol. The molecule has 1 aliphatic rings. The number of nitrogens with one attached hydrogen (secondary N) is 1. The van der Waals surface area contributed by atoms with Crippen LogP contribution in [-0.4, -0.2) is 20.7 Å². The number of rotatable bonds is 5. The molecule has 1 saturated carbocycles. The first kappa shape index (κ1) is 14.9. The van der Waals surface area contributed by atoms with Crippen molar-refractivity contribution in [3.63, 3.8) is 0 Å². The number of halogens is 3. The Morgan fingerprint density at radius 1 is 1.41 bits per heavy atom. The predicted octanol–water partition coefficient (Wildman–Crippen LogP) is 3.39. The fourth-order valence-electron chi connectivity index (χ4n) is 2.25. The number of aromatic nitrogens is 3. The summed E-state index contributed by atoms with van der Waals surface area (Å²) in [4.78, 5) is 15.9. The normalized spacial score (nSPS) is 14.4. The average Bonchev–Trinajstić information content (AvgIpc) is 3.25. The highest BCUT2D eigenvalue weighted by Crippen LogP contribution is 2.45. The molecule has 2 aromatic rings. The fourth-order valence-corrected chi connectivity index (χ4v) is 2.62. The van der Waals surface area contributed by atoms with Crippen molar-refractivity contribution in [2.75, 3.05) is 5.32 Å². The number of anilines is 1. The van der Waals surface area contributed by atoms with Gasteiger partial charge in [-0.15, -0.1) is 0 Å². The third kappa shape index (κ3) is 3.09. The molecular weight excluding hydrogens is 314 g/mol. The van der Waals surface area contributed by atoms with Gasteiger partial charge in [0.15, 0.2) is 0 Å². The number of hydrogen-bond acceptors (Lipinski definition) is 3. The zero-order chi connectivity index (χ0) is 15.7. The molecule has 1 N–H and O–H groups in total. The Hall–Kier alpha value is -2.02. The van der Waals surface area contributed by atoms with E-state index in [2.05, 4.69) is 15.4 Å². The highest BCUT2D eigenvalue weighted by atomic mass is 35.5. The minimum Gasteiger partial charge on any atom is -0.324 e. The maximum absolute atomic E-state index is 12.9. The number of nitrogens with zero attached hydrogens (tertiary/aromatic N) is 3. The van der Waals surface area contributed by atoms with Crippen molar-refractivity contribution in [3.05, 3.63) is 40.9 Å². The lowest BCUT2D eigenvalue weighted by molar-refractivity contribution is -0.117. The van der Waals surface area contributed by atoms with Gasteiger partial charge in [-0.2, -0.15) is 5.10 Å². The van der Waals surface area contributed by atoms with Crippen LogP contribution in [0.4, 0.5) is 14.5 Å². The second-order valence-corrected chi connectivity index (χ2v) is 5.48. The van der Waals surface area contributed by atoms with Gasteiger partial charge in [0.2, 0.25) is 5.91 Å². The lowest BCUT2D eigenvalue weighted by Crippen LogP contribution is -2.21. The van der Waals surface area contributed by atoms with Gasteiger partial charge in [0.05, 0.1) is 10.7 Å². The summed E-state index contributed by atoms with van der Waals surface area (Å²) in [5, 5.41) is 6.46. The van der Waals surface area contributed by atoms with Crippen molar-refractivity contribution in [1.29, 1.82) is 0 Å². The van der Waals surface area contributed by atoms with E-state index in [4.69, 9.17) is 11.6 Å². The molecule has 0 aromatic carbocycles. The topological polar surface area (TPSA) is 59.8 Å². The van der Waals surface area contributed by atoms with Crippen molar-refractivity contribution in [2.24, 2.45) is 0 Å². The van der Waals surface area contributed by atoms with Crippen molar-refractivity contribution >= 4 is 23.2 Å². The number of carbonyl (C=O) groups excluding carboxylic acids is 1. The van der Waals surface area contributed by atoms with E-state index < -0.39 is 12.1 Å². The molecule has 0 unspecified atom stereocenters. The lowest BCUT2D eigenvalue weighted by Gasteiger charge is -2.08. The van der Waals surface area contributed by atoms with Gasteiger partial charge >= 0.3 is 0 Å². The maximum Gasteiger partial charge on any atom is 0.283 e. The maximum atomic E-state index is 12.9. The SMILES string of the molecule is O=C(Cn1nc(C(F)F)c(Cl)c1C1CC1)Nc1ccncc1. The number of carbonyl (C=O) groups is 1. The molecular formula is C14H13ClF2N4O. The Kier molecular flexibility index (Phi) is 4.06. The first-order valence-corrected chi connectivity index (χ1v) is 7.18. The van der Waals surface area contributed by atoms with E-state index in [0.29, 0.717) is 11.4 Å². The molecule has 116 valence electrons. The lowest BCUT2D eigenvalue weighted by atomic mass is 10.2. The van der Waals surface area contributed by atoms with Crippen LogP contribution < -0.4 is 5.32 Å². The zero-order valence-electron chi connectivity index (χ0n) is 11.5. The van der Waals surface area contributed by atoms with Crippen LogP contribution in [0, 0.1) is 0 Å². The zero-order valence-corrected chi connectivity index (χ0v) is 12.2. The Bertz CT molecular complexity index is 686. The molecule has 2 heterocycles. The summed E-state index contributed by atoms with van der Waals surface area (Å²) in [5.41, 5.74) is 0.655. The van der Waals surface area contributed by atoms with Crippen LogP contribution in [0.2, 0.25) is 5.02 Å². The third-order valence-corrected chi connectivity index (χ3v) is 3.77. The van der Waals surface area contributed by atoms with Gasteiger partial charge < -0.3 is 5.32 Å². The standard InChI is InChI=1S/C14H13ClF2N4O/c15-11-12(14(16)17)20-21(13(11)8-1-2-8)7-10(22)19-9-3-5-18-6-4-9/h3-6,8,14H,1-2,7H2,(H,18,19,22). The van der Waals surface area contributed by atoms with Crippen LogP contribution in [0.3, 0.4) is 0 Å². The molecule has 0 aliphatic heterocycles. The van der Waals surface area contributed by atoms with Crippen molar-refractivity contribution in [3.8, 4) is 0 Å². The molecule has 0 radical (unpaired) electrons. The molecule has 22 heavy (non-hydrogen) atoms. The van der Waals surface area contributed by atoms with Gasteiger partial charge in [-0.3, -0.25) is 14.5 Å². The summed E-state index contributed by atoms with van der Waals surface area (Å²) in [6.07, 6.45) is 2.09. The summed E-state index contributed by atoms with van der Waals surface area (Å²) < 4.78 is 27.1. The fraction of sp³-hybridized carbons (Fsp3) is 0.357. The van der Waals surface area contributed by atoms with Crippen molar-refractivity contribution < 1.29 is 13.6 Å². The quantitative estimate of drug-likeness (QED) is 0.916. The second-order valence-electron chi connectivity index (χ2n) is 5.10. The smallest absolute Gasteiger partial charge is 0.283 e. The van der Waals surface area contributed by atoms with E-state index in [0.717, 1.165) is 12.8 Å². The van der Waals surface area contributed by atoms with Gasteiger partial charge in [0, 0.05) is 24.0 Å². The minimum absolute atomic E-state index is 0.0192. The van der Waals surface area contributed by atoms with Crippen LogP contribution >= 0.6 is 11.6 Å². The minimum atomic E-state index is -2.76. The Morgan fingerprint density at radius 3 is 2.68 bits per heavy atom. The molecule has 8 heteroatoms. The van der Waals surface area contributed by atoms with Gasteiger partial charge in [-0.05, 0) is 25.0 Å². The van der Waals surface area contributed by atoms with Crippen LogP contribution in [0.15, 0.2) is 24.5 Å². The molecule has 1 aliphatic carbocycles. The first-order chi connectivity index (χ1) is 10.6. The van der Waals surface area contributed by atoms with Gasteiger partial charge in [0.25, 0.3) is 6.43 Å². The van der Waals surface area contributed by atoms with E-state index in [1.807, 2.05) is 0 Å². The van der Waals surface area contributed by atoms with E-state index in [9.17, 15) is 13.6 Å². The van der Waals surface area contributed by atoms with Crippen LogP contribution in [0.5, 0.6) is 0 Å². The summed E-state index contributed by atoms with van der Waals surface area (Å²) in [7, 11) is 0. The van der Waals surface area contributed by atoms with Gasteiger partial charge in [0.1, 0.15) is 12.2 Å². The largest absolute Gasteiger partial charge is 0.324 e. The van der Waals surface area contributed by atoms with Crippen LogP contribution in [0.25, 0.3) is 0 Å². The molecule has 2 aromatic heterocycles. The second kappa shape index (κ2) is 6.00. The monoisotopic (exact) mass is 326 g/mol. The summed E-state index contributed by atoms with van der Waals surface area (Å²) in [5.74, 6) is -0.241. The number of alkyl halides is 2. The number of amides is 1. The molecule has 3 rings (SSSR count). The Labute approximate surface area is 130 Å². The van der Waals surface area contributed by atoms with E-state index in [1.54, 1.807) is 24.5 Å².